The van der Waals surface area contributed by atoms with Gasteiger partial charge in [0.2, 0.25) is 0 Å². The molecule has 0 amide bonds. The molecule has 5 rings (SSSR count). The van der Waals surface area contributed by atoms with E-state index in [1.54, 1.807) is 0 Å². The number of rotatable bonds is 4. The second-order valence-corrected chi connectivity index (χ2v) is 14.0. The molecule has 1 nitrogen and oxygen atoms in total. The molecule has 2 aliphatic carbocycles. The zero-order valence-electron chi connectivity index (χ0n) is 17.2. The predicted octanol–water partition coefficient (Wildman–Crippen LogP) is 7.87. The predicted molar refractivity (Wildman–Crippen MR) is 129 cm³/mol. The SMILES string of the molecule is S=P(c1oc2ccccc2c1-c1ccccc1)(C1CCCCC1)C1CCCCC1. The van der Waals surface area contributed by atoms with Gasteiger partial charge in [-0.1, -0.05) is 98.9 Å². The number of fused-ring (bicyclic) bond motifs is 1. The van der Waals surface area contributed by atoms with Crippen LogP contribution < -0.4 is 5.50 Å². The van der Waals surface area contributed by atoms with Crippen LogP contribution in [0.4, 0.5) is 0 Å². The minimum Gasteiger partial charge on any atom is -0.455 e. The van der Waals surface area contributed by atoms with Crippen LogP contribution in [-0.2, 0) is 11.8 Å². The van der Waals surface area contributed by atoms with Crippen molar-refractivity contribution in [3.63, 3.8) is 0 Å². The van der Waals surface area contributed by atoms with Gasteiger partial charge in [-0.15, -0.1) is 0 Å². The molecule has 2 saturated carbocycles. The van der Waals surface area contributed by atoms with Crippen molar-refractivity contribution < 1.29 is 4.42 Å². The Balaban J connectivity index is 1.74. The maximum atomic E-state index is 6.85. The van der Waals surface area contributed by atoms with Crippen molar-refractivity contribution in [3.8, 4) is 11.1 Å². The van der Waals surface area contributed by atoms with Crippen molar-refractivity contribution in [3.05, 3.63) is 54.6 Å². The lowest BCUT2D eigenvalue weighted by atomic mass is 9.99. The molecule has 0 atom stereocenters. The van der Waals surface area contributed by atoms with E-state index >= 15 is 0 Å². The molecular weight excluding hydrogens is 391 g/mol. The van der Waals surface area contributed by atoms with E-state index in [-0.39, 0.29) is 0 Å². The van der Waals surface area contributed by atoms with Crippen LogP contribution in [0, 0.1) is 0 Å². The van der Waals surface area contributed by atoms with Crippen LogP contribution >= 0.6 is 6.04 Å². The van der Waals surface area contributed by atoms with Crippen molar-refractivity contribution in [1.82, 2.24) is 0 Å². The van der Waals surface area contributed by atoms with Crippen molar-refractivity contribution in [2.75, 3.05) is 0 Å². The van der Waals surface area contributed by atoms with Gasteiger partial charge in [-0.3, -0.25) is 0 Å². The first-order valence-corrected chi connectivity index (χ1v) is 14.4. The third-order valence-electron chi connectivity index (χ3n) is 7.19. The number of hydrogen-bond donors (Lipinski definition) is 0. The van der Waals surface area contributed by atoms with Crippen molar-refractivity contribution in [1.29, 1.82) is 0 Å². The number of benzene rings is 2. The van der Waals surface area contributed by atoms with Gasteiger partial charge < -0.3 is 4.42 Å². The van der Waals surface area contributed by atoms with Gasteiger partial charge in [0.05, 0.1) is 0 Å². The Hall–Kier alpha value is -1.37. The monoisotopic (exact) mass is 422 g/mol. The standard InChI is InChI=1S/C26H31OPS/c29-28(21-14-6-2-7-15-21,22-16-8-3-9-17-22)26-25(20-12-4-1-5-13-20)23-18-10-11-19-24(23)27-26/h1,4-5,10-13,18-19,21-22H,2-3,6-9,14-17H2. The maximum absolute atomic E-state index is 6.85. The number of furan rings is 1. The first-order valence-electron chi connectivity index (χ1n) is 11.5. The van der Waals surface area contributed by atoms with Gasteiger partial charge in [0.15, 0.2) is 0 Å². The molecular formula is C26H31OPS. The van der Waals surface area contributed by atoms with Gasteiger partial charge in [0.25, 0.3) is 0 Å². The molecule has 1 heterocycles. The molecule has 0 radical (unpaired) electrons. The molecule has 3 aromatic rings. The average Bonchev–Trinajstić information content (AvgIpc) is 3.20. The molecule has 0 saturated heterocycles. The Kier molecular flexibility index (Phi) is 5.67. The Morgan fingerprint density at radius 1 is 0.690 bits per heavy atom. The highest BCUT2D eigenvalue weighted by Crippen LogP contribution is 2.64. The second-order valence-electron chi connectivity index (χ2n) is 8.94. The minimum atomic E-state index is -1.83. The number of hydrogen-bond acceptors (Lipinski definition) is 2. The Bertz CT molecular complexity index is 988. The van der Waals surface area contributed by atoms with Gasteiger partial charge in [0.1, 0.15) is 11.1 Å². The third kappa shape index (κ3) is 3.53. The molecule has 152 valence electrons. The van der Waals surface area contributed by atoms with Crippen molar-refractivity contribution >= 4 is 34.3 Å². The highest BCUT2D eigenvalue weighted by atomic mass is 32.4. The van der Waals surface area contributed by atoms with E-state index in [0.717, 1.165) is 5.58 Å². The van der Waals surface area contributed by atoms with Gasteiger partial charge in [-0.2, -0.15) is 0 Å². The zero-order valence-corrected chi connectivity index (χ0v) is 18.9. The molecule has 0 spiro atoms. The van der Waals surface area contributed by atoms with Crippen molar-refractivity contribution in [2.24, 2.45) is 0 Å². The van der Waals surface area contributed by atoms with Crippen LogP contribution in [0.3, 0.4) is 0 Å². The summed E-state index contributed by atoms with van der Waals surface area (Å²) >= 11 is 6.85. The van der Waals surface area contributed by atoms with E-state index in [9.17, 15) is 0 Å². The molecule has 3 heteroatoms. The van der Waals surface area contributed by atoms with E-state index in [1.807, 2.05) is 0 Å². The van der Waals surface area contributed by atoms with Crippen LogP contribution in [-0.4, -0.2) is 11.3 Å². The lowest BCUT2D eigenvalue weighted by molar-refractivity contribution is 0.483. The number of para-hydroxylation sites is 1. The summed E-state index contributed by atoms with van der Waals surface area (Å²) in [6.07, 6.45) is 13.3. The molecule has 2 aliphatic rings. The van der Waals surface area contributed by atoms with Crippen LogP contribution in [0.5, 0.6) is 0 Å². The Morgan fingerprint density at radius 2 is 1.24 bits per heavy atom. The fraction of sp³-hybridized carbons (Fsp3) is 0.462. The zero-order chi connectivity index (χ0) is 19.7. The van der Waals surface area contributed by atoms with Gasteiger partial charge in [0, 0.05) is 17.0 Å². The van der Waals surface area contributed by atoms with Crippen molar-refractivity contribution in [2.45, 2.75) is 75.5 Å². The molecule has 0 bridgehead atoms. The molecule has 2 aromatic carbocycles. The molecule has 0 aliphatic heterocycles. The van der Waals surface area contributed by atoms with Crippen LogP contribution in [0.1, 0.15) is 64.2 Å². The van der Waals surface area contributed by atoms with E-state index in [1.165, 1.54) is 86.2 Å². The van der Waals surface area contributed by atoms with Crippen LogP contribution in [0.2, 0.25) is 0 Å². The first-order chi connectivity index (χ1) is 14.3. The first kappa shape index (κ1) is 19.6. The Labute approximate surface area is 179 Å². The summed E-state index contributed by atoms with van der Waals surface area (Å²) in [6.45, 7) is 0. The summed E-state index contributed by atoms with van der Waals surface area (Å²) in [6, 6.07) is 17.6. The highest BCUT2D eigenvalue weighted by Gasteiger charge is 2.42. The maximum Gasteiger partial charge on any atom is 0.145 e. The largest absolute Gasteiger partial charge is 0.455 e. The van der Waals surface area contributed by atoms with E-state index in [4.69, 9.17) is 16.2 Å². The van der Waals surface area contributed by atoms with Crippen LogP contribution in [0.15, 0.2) is 59.0 Å². The summed E-state index contributed by atoms with van der Waals surface area (Å²) < 4.78 is 6.77. The molecule has 0 unspecified atom stereocenters. The lowest BCUT2D eigenvalue weighted by Gasteiger charge is -2.40. The summed E-state index contributed by atoms with van der Waals surface area (Å²) in [5.74, 6) is 0. The third-order valence-corrected chi connectivity index (χ3v) is 13.6. The summed E-state index contributed by atoms with van der Waals surface area (Å²) in [7, 11) is 0. The topological polar surface area (TPSA) is 13.1 Å². The Morgan fingerprint density at radius 3 is 1.86 bits per heavy atom. The molecule has 29 heavy (non-hydrogen) atoms. The van der Waals surface area contributed by atoms with E-state index in [2.05, 4.69) is 54.6 Å². The van der Waals surface area contributed by atoms with E-state index < -0.39 is 6.04 Å². The van der Waals surface area contributed by atoms with Crippen LogP contribution in [0.25, 0.3) is 22.1 Å². The lowest BCUT2D eigenvalue weighted by Crippen LogP contribution is -2.29. The van der Waals surface area contributed by atoms with Gasteiger partial charge in [-0.05, 0) is 48.6 Å². The van der Waals surface area contributed by atoms with Gasteiger partial charge in [-0.25, -0.2) is 0 Å². The fourth-order valence-corrected chi connectivity index (χ4v) is 11.7. The normalized spacial score (nSPS) is 19.6. The molecule has 1 aromatic heterocycles. The molecule has 0 N–H and O–H groups in total. The summed E-state index contributed by atoms with van der Waals surface area (Å²) in [5.41, 5.74) is 6.13. The quantitative estimate of drug-likeness (QED) is 0.397. The van der Waals surface area contributed by atoms with E-state index in [0.29, 0.717) is 11.3 Å². The highest BCUT2D eigenvalue weighted by molar-refractivity contribution is 8.18. The summed E-state index contributed by atoms with van der Waals surface area (Å²) in [4.78, 5) is 0. The second kappa shape index (κ2) is 8.40. The minimum absolute atomic E-state index is 0.664. The smallest absolute Gasteiger partial charge is 0.145 e. The van der Waals surface area contributed by atoms with Gasteiger partial charge >= 0.3 is 0 Å². The molecule has 2 fully saturated rings. The summed E-state index contributed by atoms with van der Waals surface area (Å²) in [5, 5.41) is 1.24. The fourth-order valence-electron chi connectivity index (χ4n) is 5.72. The average molecular weight is 423 g/mol.